The average molecular weight is 536 g/mol. The van der Waals surface area contributed by atoms with Crippen LogP contribution in [0.2, 0.25) is 0 Å². The number of hydrogen-bond acceptors (Lipinski definition) is 8. The zero-order chi connectivity index (χ0) is 24.0. The maximum atomic E-state index is 12.4. The van der Waals surface area contributed by atoms with Gasteiger partial charge in [-0.15, -0.1) is 0 Å². The third-order valence-electron chi connectivity index (χ3n) is 5.81. The zero-order valence-electron chi connectivity index (χ0n) is 18.9. The number of benzene rings is 1. The third-order valence-corrected chi connectivity index (χ3v) is 9.51. The predicted octanol–water partition coefficient (Wildman–Crippen LogP) is 1.54. The van der Waals surface area contributed by atoms with Crippen LogP contribution >= 0.6 is 0 Å². The van der Waals surface area contributed by atoms with Crippen LogP contribution in [0.15, 0.2) is 35.5 Å². The van der Waals surface area contributed by atoms with Gasteiger partial charge in [-0.05, 0) is 0 Å². The number of carbonyl (C=O) groups is 1. The van der Waals surface area contributed by atoms with E-state index in [1.165, 1.54) is 18.5 Å². The molecule has 2 aromatic rings. The predicted molar refractivity (Wildman–Crippen MR) is 129 cm³/mol. The Labute approximate surface area is 200 Å². The summed E-state index contributed by atoms with van der Waals surface area (Å²) in [6.45, 7) is 3.20. The first kappa shape index (κ1) is 25.3. The van der Waals surface area contributed by atoms with Crippen molar-refractivity contribution in [3.8, 4) is 0 Å². The number of nitro groups is 1. The van der Waals surface area contributed by atoms with Gasteiger partial charge in [-0.2, -0.15) is 0 Å². The van der Waals surface area contributed by atoms with Crippen LogP contribution in [0.5, 0.6) is 0 Å². The molecule has 2 heterocycles. The van der Waals surface area contributed by atoms with Crippen molar-refractivity contribution < 1.29 is 18.1 Å². The molecular formula is C22H29AsN4O5S. The Hall–Kier alpha value is -2.32. The molecule has 178 valence electrons. The summed E-state index contributed by atoms with van der Waals surface area (Å²) < 4.78 is 24.6. The molecule has 1 unspecified atom stereocenters. The summed E-state index contributed by atoms with van der Waals surface area (Å²) >= 11 is -1.18. The van der Waals surface area contributed by atoms with Crippen LogP contribution in [-0.4, -0.2) is 64.2 Å². The first-order valence-corrected chi connectivity index (χ1v) is 15.0. The summed E-state index contributed by atoms with van der Waals surface area (Å²) in [6, 6.07) is 6.42. The molecule has 1 atom stereocenters. The maximum absolute atomic E-state index is 12.4. The van der Waals surface area contributed by atoms with E-state index in [2.05, 4.69) is 16.9 Å². The van der Waals surface area contributed by atoms with Gasteiger partial charge in [0.25, 0.3) is 0 Å². The molecule has 1 aliphatic rings. The van der Waals surface area contributed by atoms with Crippen molar-refractivity contribution in [1.29, 1.82) is 0 Å². The summed E-state index contributed by atoms with van der Waals surface area (Å²) in [5, 5.41) is 12.0. The number of piperidine rings is 1. The van der Waals surface area contributed by atoms with Crippen LogP contribution in [0, 0.1) is 16.0 Å². The van der Waals surface area contributed by atoms with Crippen LogP contribution in [0.4, 0.5) is 11.5 Å². The van der Waals surface area contributed by atoms with Gasteiger partial charge in [-0.1, -0.05) is 6.92 Å². The molecule has 1 saturated heterocycles. The van der Waals surface area contributed by atoms with Crippen molar-refractivity contribution in [2.24, 2.45) is 5.92 Å². The quantitative estimate of drug-likeness (QED) is 0.194. The molecule has 1 aromatic heterocycles. The van der Waals surface area contributed by atoms with Crippen LogP contribution in [-0.2, 0) is 14.6 Å². The summed E-state index contributed by atoms with van der Waals surface area (Å²) in [4.78, 5) is 34.5. The molecule has 0 spiro atoms. The Kier molecular flexibility index (Phi) is 8.59. The van der Waals surface area contributed by atoms with E-state index in [0.29, 0.717) is 48.4 Å². The molecule has 1 aliphatic heterocycles. The van der Waals surface area contributed by atoms with Gasteiger partial charge in [-0.25, -0.2) is 0 Å². The van der Waals surface area contributed by atoms with Crippen LogP contribution < -0.4 is 13.7 Å². The van der Waals surface area contributed by atoms with Gasteiger partial charge in [0.2, 0.25) is 0 Å². The number of carbonyl (C=O) groups excluding carboxylic acids is 1. The summed E-state index contributed by atoms with van der Waals surface area (Å²) in [6.07, 6.45) is 7.51. The van der Waals surface area contributed by atoms with Crippen molar-refractivity contribution in [2.45, 2.75) is 50.3 Å². The Morgan fingerprint density at radius 1 is 1.18 bits per heavy atom. The third kappa shape index (κ3) is 6.60. The number of hydrogen-bond donors (Lipinski definition) is 0. The molecule has 0 aliphatic carbocycles. The molecule has 0 amide bonds. The van der Waals surface area contributed by atoms with E-state index in [1.807, 2.05) is 4.90 Å². The second kappa shape index (κ2) is 11.2. The van der Waals surface area contributed by atoms with Gasteiger partial charge in [0.05, 0.1) is 0 Å². The van der Waals surface area contributed by atoms with Gasteiger partial charge in [0, 0.05) is 0 Å². The fourth-order valence-electron chi connectivity index (χ4n) is 3.95. The monoisotopic (exact) mass is 536 g/mol. The Balaban J connectivity index is 1.75. The molecule has 9 nitrogen and oxygen atoms in total. The molecule has 0 radical (unpaired) electrons. The molecular weight excluding hydrogens is 507 g/mol. The first-order chi connectivity index (χ1) is 15.7. The molecule has 0 saturated carbocycles. The van der Waals surface area contributed by atoms with E-state index in [-0.39, 0.29) is 16.5 Å². The number of nitrogens with zero attached hydrogens (tertiary/aromatic N) is 4. The fourth-order valence-corrected chi connectivity index (χ4v) is 6.78. The standard InChI is InChI=1S/C22H29AsN4O5S/c1-3-4-5-6-19(28)16-11-13-26(14-12-16)22-20(27(29)30)21(24-15-25-22)23-17-7-9-18(10-8-17)33(2,31)32/h7-10,15-16,23H,3-6,11-14H2,1-2H3. The van der Waals surface area contributed by atoms with Crippen LogP contribution in [0.25, 0.3) is 0 Å². The van der Waals surface area contributed by atoms with Crippen molar-refractivity contribution in [3.05, 3.63) is 40.7 Å². The number of sulfone groups is 1. The fraction of sp³-hybridized carbons (Fsp3) is 0.500. The summed E-state index contributed by atoms with van der Waals surface area (Å²) in [5.41, 5.74) is -0.0857. The topological polar surface area (TPSA) is 123 Å². The number of ketones is 1. The van der Waals surface area contributed by atoms with E-state index in [1.54, 1.807) is 12.1 Å². The molecule has 1 aromatic carbocycles. The van der Waals surface area contributed by atoms with Crippen LogP contribution in [0.1, 0.15) is 45.4 Å². The first-order valence-electron chi connectivity index (χ1n) is 11.0. The SMILES string of the molecule is CCCCCC(=O)C1CCN(c2ncnc([AsH]c3ccc(S(C)(=O)=O)cc3)c2[N+](=O)[O-])CC1. The van der Waals surface area contributed by atoms with E-state index in [4.69, 9.17) is 0 Å². The van der Waals surface area contributed by atoms with E-state index < -0.39 is 30.5 Å². The van der Waals surface area contributed by atoms with E-state index >= 15 is 0 Å². The Morgan fingerprint density at radius 3 is 2.42 bits per heavy atom. The van der Waals surface area contributed by atoms with Gasteiger partial charge in [-0.3, -0.25) is 0 Å². The average Bonchev–Trinajstić information content (AvgIpc) is 2.79. The molecule has 0 bridgehead atoms. The molecule has 0 N–H and O–H groups in total. The normalized spacial score (nSPS) is 15.3. The molecule has 33 heavy (non-hydrogen) atoms. The van der Waals surface area contributed by atoms with E-state index in [9.17, 15) is 23.3 Å². The van der Waals surface area contributed by atoms with Gasteiger partial charge in [0.15, 0.2) is 0 Å². The van der Waals surface area contributed by atoms with Gasteiger partial charge in [0.1, 0.15) is 0 Å². The van der Waals surface area contributed by atoms with Gasteiger partial charge >= 0.3 is 194 Å². The van der Waals surface area contributed by atoms with Crippen molar-refractivity contribution >= 4 is 51.7 Å². The number of rotatable bonds is 10. The van der Waals surface area contributed by atoms with E-state index in [0.717, 1.165) is 29.9 Å². The summed E-state index contributed by atoms with van der Waals surface area (Å²) in [5.74, 6) is 0.615. The second-order valence-corrected chi connectivity index (χ2v) is 13.0. The minimum absolute atomic E-state index is 0.0141. The van der Waals surface area contributed by atoms with Gasteiger partial charge < -0.3 is 0 Å². The van der Waals surface area contributed by atoms with Crippen molar-refractivity contribution in [2.75, 3.05) is 24.2 Å². The summed E-state index contributed by atoms with van der Waals surface area (Å²) in [7, 11) is -3.30. The number of unbranched alkanes of at least 4 members (excludes halogenated alkanes) is 2. The van der Waals surface area contributed by atoms with Crippen molar-refractivity contribution in [1.82, 2.24) is 9.97 Å². The minimum atomic E-state index is -3.30. The Morgan fingerprint density at radius 2 is 1.85 bits per heavy atom. The molecule has 1 fully saturated rings. The van der Waals surface area contributed by atoms with Crippen molar-refractivity contribution in [3.63, 3.8) is 0 Å². The number of aromatic nitrogens is 2. The number of Topliss-reactive ketones (excluding diaryl/α,β-unsaturated/α-hetero) is 1. The molecule has 3 rings (SSSR count). The second-order valence-electron chi connectivity index (χ2n) is 8.26. The zero-order valence-corrected chi connectivity index (χ0v) is 21.8. The Bertz CT molecular complexity index is 1100. The number of anilines is 1. The molecule has 11 heteroatoms. The van der Waals surface area contributed by atoms with Crippen LogP contribution in [0.3, 0.4) is 0 Å².